The van der Waals surface area contributed by atoms with Gasteiger partial charge in [-0.25, -0.2) is 0 Å². The van der Waals surface area contributed by atoms with Gasteiger partial charge in [-0.2, -0.15) is 0 Å². The minimum Gasteiger partial charge on any atom is -0.490 e. The van der Waals surface area contributed by atoms with Crippen molar-refractivity contribution in [1.82, 2.24) is 0 Å². The van der Waals surface area contributed by atoms with Gasteiger partial charge < -0.3 is 9.47 Å². The van der Waals surface area contributed by atoms with Crippen LogP contribution in [-0.2, 0) is 6.61 Å². The SMILES string of the molecule is CCOc1cc(C=Nc2ccccc2)cc(I)c1OCc1ccccc1Cl. The lowest BCUT2D eigenvalue weighted by Gasteiger charge is -2.15. The second kappa shape index (κ2) is 9.76. The van der Waals surface area contributed by atoms with Crippen molar-refractivity contribution in [2.45, 2.75) is 13.5 Å². The van der Waals surface area contributed by atoms with Crippen molar-refractivity contribution in [3.8, 4) is 11.5 Å². The molecule has 3 aromatic rings. The molecule has 0 aliphatic carbocycles. The van der Waals surface area contributed by atoms with E-state index >= 15 is 0 Å². The summed E-state index contributed by atoms with van der Waals surface area (Å²) in [6.45, 7) is 2.89. The van der Waals surface area contributed by atoms with E-state index in [2.05, 4.69) is 27.6 Å². The molecule has 0 spiro atoms. The van der Waals surface area contributed by atoms with Crippen LogP contribution in [0, 0.1) is 3.57 Å². The van der Waals surface area contributed by atoms with Crippen LogP contribution in [0.2, 0.25) is 5.02 Å². The van der Waals surface area contributed by atoms with Gasteiger partial charge in [-0.1, -0.05) is 48.0 Å². The molecule has 138 valence electrons. The third-order valence-corrected chi connectivity index (χ3v) is 4.95. The molecule has 0 amide bonds. The predicted molar refractivity (Wildman–Crippen MR) is 120 cm³/mol. The summed E-state index contributed by atoms with van der Waals surface area (Å²) in [7, 11) is 0. The summed E-state index contributed by atoms with van der Waals surface area (Å²) in [5.41, 5.74) is 2.80. The molecule has 3 rings (SSSR count). The smallest absolute Gasteiger partial charge is 0.175 e. The second-order valence-corrected chi connectivity index (χ2v) is 7.31. The van der Waals surface area contributed by atoms with Gasteiger partial charge in [-0.15, -0.1) is 0 Å². The minimum atomic E-state index is 0.382. The highest BCUT2D eigenvalue weighted by atomic mass is 127. The molecule has 0 aliphatic heterocycles. The van der Waals surface area contributed by atoms with Crippen LogP contribution in [0.15, 0.2) is 71.7 Å². The number of rotatable bonds is 7. The van der Waals surface area contributed by atoms with E-state index in [1.54, 1.807) is 0 Å². The first kappa shape index (κ1) is 19.7. The van der Waals surface area contributed by atoms with E-state index in [0.717, 1.165) is 20.4 Å². The van der Waals surface area contributed by atoms with E-state index in [9.17, 15) is 0 Å². The van der Waals surface area contributed by atoms with Crippen LogP contribution in [0.25, 0.3) is 0 Å². The monoisotopic (exact) mass is 491 g/mol. The van der Waals surface area contributed by atoms with Gasteiger partial charge in [0.2, 0.25) is 0 Å². The highest BCUT2D eigenvalue weighted by molar-refractivity contribution is 14.1. The maximum Gasteiger partial charge on any atom is 0.175 e. The zero-order valence-electron chi connectivity index (χ0n) is 14.9. The van der Waals surface area contributed by atoms with Crippen LogP contribution in [-0.4, -0.2) is 12.8 Å². The average molecular weight is 492 g/mol. The average Bonchev–Trinajstić information content (AvgIpc) is 2.68. The van der Waals surface area contributed by atoms with Gasteiger partial charge >= 0.3 is 0 Å². The van der Waals surface area contributed by atoms with Gasteiger partial charge in [0.1, 0.15) is 6.61 Å². The Bertz CT molecular complexity index is 929. The van der Waals surface area contributed by atoms with Crippen LogP contribution >= 0.6 is 34.2 Å². The Morgan fingerprint density at radius 2 is 1.74 bits per heavy atom. The zero-order valence-corrected chi connectivity index (χ0v) is 17.8. The Morgan fingerprint density at radius 3 is 2.48 bits per heavy atom. The third kappa shape index (κ3) is 5.47. The maximum absolute atomic E-state index is 6.23. The van der Waals surface area contributed by atoms with Crippen molar-refractivity contribution in [3.05, 3.63) is 86.4 Å². The molecule has 0 N–H and O–H groups in total. The quantitative estimate of drug-likeness (QED) is 0.273. The van der Waals surface area contributed by atoms with E-state index in [4.69, 9.17) is 21.1 Å². The fourth-order valence-electron chi connectivity index (χ4n) is 2.49. The highest BCUT2D eigenvalue weighted by Crippen LogP contribution is 2.35. The van der Waals surface area contributed by atoms with Gasteiger partial charge in [-0.05, 0) is 65.4 Å². The molecule has 0 atom stereocenters. The van der Waals surface area contributed by atoms with E-state index in [1.165, 1.54) is 0 Å². The lowest BCUT2D eigenvalue weighted by molar-refractivity contribution is 0.267. The Labute approximate surface area is 178 Å². The standard InChI is InChI=1S/C22H19ClINO2/c1-2-26-21-13-16(14-25-18-9-4-3-5-10-18)12-20(24)22(21)27-15-17-8-6-7-11-19(17)23/h3-14H,2,15H2,1H3. The molecule has 0 radical (unpaired) electrons. The largest absolute Gasteiger partial charge is 0.490 e. The van der Waals surface area contributed by atoms with Crippen molar-refractivity contribution >= 4 is 46.1 Å². The zero-order chi connectivity index (χ0) is 19.1. The van der Waals surface area contributed by atoms with Gasteiger partial charge in [0, 0.05) is 16.8 Å². The summed E-state index contributed by atoms with van der Waals surface area (Å²) < 4.78 is 12.8. The first-order valence-electron chi connectivity index (χ1n) is 8.59. The molecule has 3 nitrogen and oxygen atoms in total. The summed E-state index contributed by atoms with van der Waals surface area (Å²) in [5.74, 6) is 1.42. The van der Waals surface area contributed by atoms with Crippen LogP contribution in [0.5, 0.6) is 11.5 Å². The van der Waals surface area contributed by atoms with Gasteiger partial charge in [0.05, 0.1) is 15.9 Å². The summed E-state index contributed by atoms with van der Waals surface area (Å²) in [6, 6.07) is 21.5. The van der Waals surface area contributed by atoms with E-state index in [-0.39, 0.29) is 0 Å². The van der Waals surface area contributed by atoms with Gasteiger partial charge in [-0.3, -0.25) is 4.99 Å². The number of hydrogen-bond donors (Lipinski definition) is 0. The Kier molecular flexibility index (Phi) is 7.12. The molecule has 0 fully saturated rings. The first-order valence-corrected chi connectivity index (χ1v) is 10.0. The summed E-state index contributed by atoms with van der Waals surface area (Å²) in [4.78, 5) is 4.51. The molecule has 0 bridgehead atoms. The molecule has 0 heterocycles. The number of aliphatic imine (C=N–C) groups is 1. The lowest BCUT2D eigenvalue weighted by atomic mass is 10.2. The van der Waals surface area contributed by atoms with Crippen molar-refractivity contribution in [2.75, 3.05) is 6.61 Å². The second-order valence-electron chi connectivity index (χ2n) is 5.74. The van der Waals surface area contributed by atoms with Crippen molar-refractivity contribution in [2.24, 2.45) is 4.99 Å². The van der Waals surface area contributed by atoms with Gasteiger partial charge in [0.15, 0.2) is 11.5 Å². The van der Waals surface area contributed by atoms with Gasteiger partial charge in [0.25, 0.3) is 0 Å². The number of ether oxygens (including phenoxy) is 2. The summed E-state index contributed by atoms with van der Waals surface area (Å²) >= 11 is 8.48. The van der Waals surface area contributed by atoms with Crippen molar-refractivity contribution in [1.29, 1.82) is 0 Å². The van der Waals surface area contributed by atoms with Crippen molar-refractivity contribution in [3.63, 3.8) is 0 Å². The Hall–Kier alpha value is -2.05. The van der Waals surface area contributed by atoms with E-state index in [1.807, 2.05) is 79.9 Å². The molecule has 0 aromatic heterocycles. The van der Waals surface area contributed by atoms with Crippen LogP contribution in [0.1, 0.15) is 18.1 Å². The highest BCUT2D eigenvalue weighted by Gasteiger charge is 2.13. The number of para-hydroxylation sites is 1. The van der Waals surface area contributed by atoms with Crippen LogP contribution in [0.4, 0.5) is 5.69 Å². The first-order chi connectivity index (χ1) is 13.2. The molecular weight excluding hydrogens is 473 g/mol. The summed E-state index contributed by atoms with van der Waals surface area (Å²) in [5, 5.41) is 0.692. The fourth-order valence-corrected chi connectivity index (χ4v) is 3.47. The van der Waals surface area contributed by atoms with E-state index < -0.39 is 0 Å². The fraction of sp³-hybridized carbons (Fsp3) is 0.136. The Balaban J connectivity index is 1.83. The maximum atomic E-state index is 6.23. The Morgan fingerprint density at radius 1 is 1.00 bits per heavy atom. The number of benzene rings is 3. The molecular formula is C22H19ClINO2. The molecule has 27 heavy (non-hydrogen) atoms. The van der Waals surface area contributed by atoms with Crippen LogP contribution < -0.4 is 9.47 Å². The molecule has 3 aromatic carbocycles. The molecule has 0 unspecified atom stereocenters. The number of nitrogens with zero attached hydrogens (tertiary/aromatic N) is 1. The third-order valence-electron chi connectivity index (χ3n) is 3.78. The van der Waals surface area contributed by atoms with Crippen molar-refractivity contribution < 1.29 is 9.47 Å². The molecule has 0 saturated carbocycles. The predicted octanol–water partition coefficient (Wildman–Crippen LogP) is 6.67. The topological polar surface area (TPSA) is 30.8 Å². The van der Waals surface area contributed by atoms with E-state index in [0.29, 0.717) is 29.7 Å². The molecule has 0 aliphatic rings. The number of halogens is 2. The number of hydrogen-bond acceptors (Lipinski definition) is 3. The summed E-state index contributed by atoms with van der Waals surface area (Å²) in [6.07, 6.45) is 1.83. The van der Waals surface area contributed by atoms with Crippen LogP contribution in [0.3, 0.4) is 0 Å². The normalized spacial score (nSPS) is 10.9. The molecule has 5 heteroatoms. The lowest BCUT2D eigenvalue weighted by Crippen LogP contribution is -2.03. The minimum absolute atomic E-state index is 0.382. The molecule has 0 saturated heterocycles.